The van der Waals surface area contributed by atoms with Crippen LogP contribution in [0.4, 0.5) is 0 Å². The van der Waals surface area contributed by atoms with Crippen molar-refractivity contribution in [2.45, 2.75) is 39.7 Å². The molecule has 122 valence electrons. The highest BCUT2D eigenvalue weighted by atomic mass is 79.9. The number of rotatable bonds is 5. The van der Waals surface area contributed by atoms with Gasteiger partial charge in [0.1, 0.15) is 5.75 Å². The highest BCUT2D eigenvalue weighted by Gasteiger charge is 2.27. The molecule has 0 bridgehead atoms. The average molecular weight is 369 g/mol. The van der Waals surface area contributed by atoms with Gasteiger partial charge in [-0.05, 0) is 63.4 Å². The number of amides is 1. The summed E-state index contributed by atoms with van der Waals surface area (Å²) in [6.45, 7) is 8.89. The summed E-state index contributed by atoms with van der Waals surface area (Å²) in [6.07, 6.45) is 2.20. The highest BCUT2D eigenvalue weighted by molar-refractivity contribution is 9.10. The maximum absolute atomic E-state index is 12.5. The van der Waals surface area contributed by atoms with Gasteiger partial charge in [0.15, 0.2) is 0 Å². The van der Waals surface area contributed by atoms with E-state index < -0.39 is 0 Å². The third-order valence-electron chi connectivity index (χ3n) is 4.04. The molecular formula is C17H25BrN2O2. The summed E-state index contributed by atoms with van der Waals surface area (Å²) in [5.41, 5.74) is 0.768. The smallest absolute Gasteiger partial charge is 0.255 e. The van der Waals surface area contributed by atoms with Crippen molar-refractivity contribution in [3.8, 4) is 5.75 Å². The Morgan fingerprint density at radius 1 is 1.41 bits per heavy atom. The van der Waals surface area contributed by atoms with Gasteiger partial charge >= 0.3 is 0 Å². The molecule has 1 aliphatic rings. The highest BCUT2D eigenvalue weighted by Crippen LogP contribution is 2.28. The van der Waals surface area contributed by atoms with E-state index in [4.69, 9.17) is 4.74 Å². The van der Waals surface area contributed by atoms with Gasteiger partial charge in [0, 0.05) is 11.0 Å². The number of hydrogen-bond acceptors (Lipinski definition) is 3. The van der Waals surface area contributed by atoms with Crippen molar-refractivity contribution in [3.63, 3.8) is 0 Å². The minimum absolute atomic E-state index is 0.0304. The largest absolute Gasteiger partial charge is 0.490 e. The zero-order valence-electron chi connectivity index (χ0n) is 13.5. The predicted molar refractivity (Wildman–Crippen MR) is 92.4 cm³/mol. The lowest BCUT2D eigenvalue weighted by atomic mass is 9.81. The number of halogens is 1. The minimum Gasteiger partial charge on any atom is -0.490 e. The summed E-state index contributed by atoms with van der Waals surface area (Å²) in [4.78, 5) is 12.5. The van der Waals surface area contributed by atoms with Crippen LogP contribution in [0.2, 0.25) is 0 Å². The lowest BCUT2D eigenvalue weighted by Crippen LogP contribution is -2.43. The van der Waals surface area contributed by atoms with Crippen LogP contribution in [0.5, 0.6) is 5.75 Å². The zero-order valence-corrected chi connectivity index (χ0v) is 15.1. The van der Waals surface area contributed by atoms with Crippen molar-refractivity contribution in [2.75, 3.05) is 19.6 Å². The van der Waals surface area contributed by atoms with Gasteiger partial charge in [0.25, 0.3) is 5.91 Å². The molecule has 0 aliphatic carbocycles. The second kappa shape index (κ2) is 7.47. The molecule has 1 amide bonds. The SMILES string of the molecule is CC(C)Oc1cc(Br)ccc1C(=O)NCC1(C)CCNCC1. The molecule has 0 saturated carbocycles. The van der Waals surface area contributed by atoms with Crippen LogP contribution in [0.25, 0.3) is 0 Å². The lowest BCUT2D eigenvalue weighted by Gasteiger charge is -2.34. The predicted octanol–water partition coefficient (Wildman–Crippen LogP) is 3.36. The van der Waals surface area contributed by atoms with E-state index in [1.165, 1.54) is 0 Å². The van der Waals surface area contributed by atoms with E-state index in [2.05, 4.69) is 33.5 Å². The van der Waals surface area contributed by atoms with Gasteiger partial charge in [0.2, 0.25) is 0 Å². The average Bonchev–Trinajstić information content (AvgIpc) is 2.45. The molecule has 22 heavy (non-hydrogen) atoms. The van der Waals surface area contributed by atoms with E-state index in [-0.39, 0.29) is 17.4 Å². The van der Waals surface area contributed by atoms with E-state index in [0.717, 1.165) is 30.4 Å². The van der Waals surface area contributed by atoms with Crippen molar-refractivity contribution < 1.29 is 9.53 Å². The second-order valence-corrected chi connectivity index (χ2v) is 7.47. The summed E-state index contributed by atoms with van der Waals surface area (Å²) < 4.78 is 6.67. The molecule has 1 fully saturated rings. The number of carbonyl (C=O) groups is 1. The Kier molecular flexibility index (Phi) is 5.87. The molecule has 4 nitrogen and oxygen atoms in total. The summed E-state index contributed by atoms with van der Waals surface area (Å²) in [5, 5.41) is 6.44. The van der Waals surface area contributed by atoms with Gasteiger partial charge < -0.3 is 15.4 Å². The Bertz CT molecular complexity index is 525. The molecule has 2 rings (SSSR count). The van der Waals surface area contributed by atoms with Gasteiger partial charge in [-0.3, -0.25) is 4.79 Å². The van der Waals surface area contributed by atoms with Crippen molar-refractivity contribution in [2.24, 2.45) is 5.41 Å². The van der Waals surface area contributed by atoms with Gasteiger partial charge in [0.05, 0.1) is 11.7 Å². The van der Waals surface area contributed by atoms with Crippen LogP contribution in [-0.4, -0.2) is 31.6 Å². The summed E-state index contributed by atoms with van der Waals surface area (Å²) in [5.74, 6) is 0.556. The van der Waals surface area contributed by atoms with Crippen LogP contribution in [0, 0.1) is 5.41 Å². The number of piperidine rings is 1. The zero-order chi connectivity index (χ0) is 16.2. The first-order chi connectivity index (χ1) is 10.4. The fraction of sp³-hybridized carbons (Fsp3) is 0.588. The Morgan fingerprint density at radius 2 is 2.09 bits per heavy atom. The van der Waals surface area contributed by atoms with E-state index in [1.807, 2.05) is 32.0 Å². The van der Waals surface area contributed by atoms with Crippen LogP contribution in [0.3, 0.4) is 0 Å². The van der Waals surface area contributed by atoms with E-state index in [0.29, 0.717) is 17.9 Å². The molecule has 2 N–H and O–H groups in total. The Hall–Kier alpha value is -1.07. The van der Waals surface area contributed by atoms with Crippen molar-refractivity contribution in [1.82, 2.24) is 10.6 Å². The monoisotopic (exact) mass is 368 g/mol. The topological polar surface area (TPSA) is 50.4 Å². The molecule has 0 atom stereocenters. The molecule has 1 aromatic rings. The Morgan fingerprint density at radius 3 is 2.73 bits per heavy atom. The van der Waals surface area contributed by atoms with Crippen LogP contribution in [0.15, 0.2) is 22.7 Å². The summed E-state index contributed by atoms with van der Waals surface area (Å²) in [7, 11) is 0. The normalized spacial score (nSPS) is 17.3. The Balaban J connectivity index is 2.05. The molecule has 0 spiro atoms. The fourth-order valence-electron chi connectivity index (χ4n) is 2.63. The third-order valence-corrected chi connectivity index (χ3v) is 4.53. The van der Waals surface area contributed by atoms with Crippen LogP contribution in [-0.2, 0) is 0 Å². The van der Waals surface area contributed by atoms with Gasteiger partial charge in [-0.15, -0.1) is 0 Å². The molecule has 0 unspecified atom stereocenters. The molecule has 1 saturated heterocycles. The number of nitrogens with one attached hydrogen (secondary N) is 2. The molecule has 0 aromatic heterocycles. The first kappa shape index (κ1) is 17.3. The number of carbonyl (C=O) groups excluding carboxylic acids is 1. The molecule has 1 aromatic carbocycles. The molecule has 1 heterocycles. The minimum atomic E-state index is -0.0668. The second-order valence-electron chi connectivity index (χ2n) is 6.55. The molecular weight excluding hydrogens is 344 g/mol. The van der Waals surface area contributed by atoms with E-state index in [1.54, 1.807) is 0 Å². The first-order valence-corrected chi connectivity index (χ1v) is 8.64. The fourth-order valence-corrected chi connectivity index (χ4v) is 2.97. The molecule has 5 heteroatoms. The molecule has 1 aliphatic heterocycles. The third kappa shape index (κ3) is 4.71. The van der Waals surface area contributed by atoms with Gasteiger partial charge in [-0.25, -0.2) is 0 Å². The number of hydrogen-bond donors (Lipinski definition) is 2. The Labute approximate surface area is 141 Å². The maximum Gasteiger partial charge on any atom is 0.255 e. The van der Waals surface area contributed by atoms with Crippen molar-refractivity contribution in [1.29, 1.82) is 0 Å². The number of ether oxygens (including phenoxy) is 1. The standard InChI is InChI=1S/C17H25BrN2O2/c1-12(2)22-15-10-13(18)4-5-14(15)16(21)20-11-17(3)6-8-19-9-7-17/h4-5,10,12,19H,6-9,11H2,1-3H3,(H,20,21). The lowest BCUT2D eigenvalue weighted by molar-refractivity contribution is 0.0916. The van der Waals surface area contributed by atoms with Crippen molar-refractivity contribution in [3.05, 3.63) is 28.2 Å². The summed E-state index contributed by atoms with van der Waals surface area (Å²) >= 11 is 3.43. The quantitative estimate of drug-likeness (QED) is 0.837. The van der Waals surface area contributed by atoms with Crippen LogP contribution in [0.1, 0.15) is 44.0 Å². The van der Waals surface area contributed by atoms with Crippen LogP contribution < -0.4 is 15.4 Å². The first-order valence-electron chi connectivity index (χ1n) is 7.85. The van der Waals surface area contributed by atoms with Gasteiger partial charge in [-0.2, -0.15) is 0 Å². The number of benzene rings is 1. The van der Waals surface area contributed by atoms with Gasteiger partial charge in [-0.1, -0.05) is 22.9 Å². The van der Waals surface area contributed by atoms with Crippen molar-refractivity contribution >= 4 is 21.8 Å². The maximum atomic E-state index is 12.5. The van der Waals surface area contributed by atoms with Crippen LogP contribution >= 0.6 is 15.9 Å². The van der Waals surface area contributed by atoms with E-state index >= 15 is 0 Å². The molecule has 0 radical (unpaired) electrons. The van der Waals surface area contributed by atoms with E-state index in [9.17, 15) is 4.79 Å². The summed E-state index contributed by atoms with van der Waals surface area (Å²) in [6, 6.07) is 5.53.